The summed E-state index contributed by atoms with van der Waals surface area (Å²) >= 11 is 5.96. The number of carbonyl (C=O) groups excluding carboxylic acids is 2. The lowest BCUT2D eigenvalue weighted by molar-refractivity contribution is -0.122. The average Bonchev–Trinajstić information content (AvgIpc) is 2.75. The van der Waals surface area contributed by atoms with E-state index in [9.17, 15) is 18.0 Å². The van der Waals surface area contributed by atoms with Gasteiger partial charge < -0.3 is 15.8 Å². The maximum Gasteiger partial charge on any atom is 0.255 e. The first-order valence-electron chi connectivity index (χ1n) is 9.85. The molecule has 1 aliphatic rings. The van der Waals surface area contributed by atoms with Gasteiger partial charge >= 0.3 is 0 Å². The van der Waals surface area contributed by atoms with E-state index >= 15 is 0 Å². The predicted octanol–water partition coefficient (Wildman–Crippen LogP) is 2.88. The second kappa shape index (κ2) is 9.67. The number of nitrogens with two attached hydrogens (primary N) is 1. The van der Waals surface area contributed by atoms with E-state index in [0.717, 1.165) is 0 Å². The minimum atomic E-state index is -3.82. The van der Waals surface area contributed by atoms with E-state index in [4.69, 9.17) is 22.1 Å². The standard InChI is InChI=1S/C21H24ClN3O5S/c1-2-30-19-7-6-17(31(28,29)25-10-8-14(9-11-25)20(23)26)13-18(19)24-21(27)15-4-3-5-16(22)12-15/h3-7,12-14H,2,8-11H2,1H3,(H2,23,26)(H,24,27). The topological polar surface area (TPSA) is 119 Å². The van der Waals surface area contributed by atoms with E-state index < -0.39 is 21.8 Å². The number of sulfonamides is 1. The second-order valence-electron chi connectivity index (χ2n) is 7.14. The van der Waals surface area contributed by atoms with Gasteiger partial charge in [0.15, 0.2) is 0 Å². The van der Waals surface area contributed by atoms with Crippen LogP contribution in [0.2, 0.25) is 5.02 Å². The number of ether oxygens (including phenoxy) is 1. The lowest BCUT2D eigenvalue weighted by Gasteiger charge is -2.29. The molecule has 1 fully saturated rings. The third-order valence-electron chi connectivity index (χ3n) is 5.08. The van der Waals surface area contributed by atoms with Crippen LogP contribution in [-0.4, -0.2) is 44.2 Å². The highest BCUT2D eigenvalue weighted by atomic mass is 35.5. The number of primary amides is 1. The molecule has 8 nitrogen and oxygen atoms in total. The Morgan fingerprint density at radius 3 is 2.52 bits per heavy atom. The Morgan fingerprint density at radius 1 is 1.19 bits per heavy atom. The number of halogens is 1. The number of hydrogen-bond donors (Lipinski definition) is 2. The van der Waals surface area contributed by atoms with E-state index in [2.05, 4.69) is 5.32 Å². The minimum Gasteiger partial charge on any atom is -0.492 e. The van der Waals surface area contributed by atoms with Crippen molar-refractivity contribution < 1.29 is 22.7 Å². The van der Waals surface area contributed by atoms with E-state index in [-0.39, 0.29) is 29.6 Å². The molecule has 1 saturated heterocycles. The molecule has 0 atom stereocenters. The smallest absolute Gasteiger partial charge is 0.255 e. The third kappa shape index (κ3) is 5.36. The molecule has 10 heteroatoms. The molecule has 0 radical (unpaired) electrons. The number of amides is 2. The minimum absolute atomic E-state index is 0.0230. The van der Waals surface area contributed by atoms with Crippen molar-refractivity contribution in [1.82, 2.24) is 4.31 Å². The molecule has 3 rings (SSSR count). The van der Waals surface area contributed by atoms with Crippen molar-refractivity contribution in [2.75, 3.05) is 25.0 Å². The van der Waals surface area contributed by atoms with Gasteiger partial charge in [-0.25, -0.2) is 8.42 Å². The van der Waals surface area contributed by atoms with Gasteiger partial charge in [-0.3, -0.25) is 9.59 Å². The fourth-order valence-electron chi connectivity index (χ4n) is 3.40. The van der Waals surface area contributed by atoms with Gasteiger partial charge in [0, 0.05) is 29.6 Å². The first kappa shape index (κ1) is 23.1. The molecule has 2 aromatic rings. The zero-order valence-electron chi connectivity index (χ0n) is 17.0. The van der Waals surface area contributed by atoms with Gasteiger partial charge in [-0.1, -0.05) is 17.7 Å². The maximum absolute atomic E-state index is 13.1. The van der Waals surface area contributed by atoms with Crippen molar-refractivity contribution in [1.29, 1.82) is 0 Å². The SMILES string of the molecule is CCOc1ccc(S(=O)(=O)N2CCC(C(N)=O)CC2)cc1NC(=O)c1cccc(Cl)c1. The normalized spacial score (nSPS) is 15.4. The largest absolute Gasteiger partial charge is 0.492 e. The first-order valence-corrected chi connectivity index (χ1v) is 11.7. The lowest BCUT2D eigenvalue weighted by Crippen LogP contribution is -2.41. The average molecular weight is 466 g/mol. The van der Waals surface area contributed by atoms with E-state index in [1.165, 1.54) is 28.6 Å². The molecule has 1 heterocycles. The molecule has 31 heavy (non-hydrogen) atoms. The number of hydrogen-bond acceptors (Lipinski definition) is 5. The van der Waals surface area contributed by atoms with Crippen LogP contribution in [0.5, 0.6) is 5.75 Å². The zero-order chi connectivity index (χ0) is 22.6. The molecule has 2 amide bonds. The van der Waals surface area contributed by atoms with Crippen molar-refractivity contribution in [2.24, 2.45) is 11.7 Å². The number of benzene rings is 2. The quantitative estimate of drug-likeness (QED) is 0.651. The Kier molecular flexibility index (Phi) is 7.19. The summed E-state index contributed by atoms with van der Waals surface area (Å²) in [4.78, 5) is 24.0. The molecule has 0 spiro atoms. The van der Waals surface area contributed by atoms with Crippen LogP contribution in [0, 0.1) is 5.92 Å². The van der Waals surface area contributed by atoms with Gasteiger partial charge in [-0.2, -0.15) is 4.31 Å². The number of nitrogens with zero attached hydrogens (tertiary/aromatic N) is 1. The molecule has 0 aromatic heterocycles. The summed E-state index contributed by atoms with van der Waals surface area (Å²) in [6, 6.07) is 10.8. The zero-order valence-corrected chi connectivity index (χ0v) is 18.6. The van der Waals surface area contributed by atoms with Crippen LogP contribution in [-0.2, 0) is 14.8 Å². The summed E-state index contributed by atoms with van der Waals surface area (Å²) in [6.45, 7) is 2.53. The molecule has 0 bridgehead atoms. The fourth-order valence-corrected chi connectivity index (χ4v) is 5.09. The second-order valence-corrected chi connectivity index (χ2v) is 9.51. The molecule has 3 N–H and O–H groups in total. The highest BCUT2D eigenvalue weighted by Gasteiger charge is 2.31. The van der Waals surface area contributed by atoms with Crippen LogP contribution in [0.1, 0.15) is 30.1 Å². The van der Waals surface area contributed by atoms with Crippen molar-refractivity contribution in [3.63, 3.8) is 0 Å². The number of anilines is 1. The van der Waals surface area contributed by atoms with Crippen molar-refractivity contribution in [3.05, 3.63) is 53.1 Å². The summed E-state index contributed by atoms with van der Waals surface area (Å²) in [5.41, 5.74) is 5.90. The molecule has 0 aliphatic carbocycles. The van der Waals surface area contributed by atoms with E-state index in [1.807, 2.05) is 0 Å². The Labute approximate surface area is 186 Å². The summed E-state index contributed by atoms with van der Waals surface area (Å²) < 4.78 is 33.1. The number of nitrogens with one attached hydrogen (secondary N) is 1. The molecule has 166 valence electrons. The van der Waals surface area contributed by atoms with E-state index in [0.29, 0.717) is 35.8 Å². The molecule has 0 unspecified atom stereocenters. The first-order chi connectivity index (χ1) is 14.7. The van der Waals surface area contributed by atoms with Crippen LogP contribution in [0.3, 0.4) is 0 Å². The molecule has 1 aliphatic heterocycles. The fraction of sp³-hybridized carbons (Fsp3) is 0.333. The van der Waals surface area contributed by atoms with Crippen LogP contribution in [0.25, 0.3) is 0 Å². The Morgan fingerprint density at radius 2 is 1.90 bits per heavy atom. The van der Waals surface area contributed by atoms with Gasteiger partial charge in [-0.15, -0.1) is 0 Å². The van der Waals surface area contributed by atoms with Crippen LogP contribution >= 0.6 is 11.6 Å². The monoisotopic (exact) mass is 465 g/mol. The highest BCUT2D eigenvalue weighted by molar-refractivity contribution is 7.89. The summed E-state index contributed by atoms with van der Waals surface area (Å²) in [7, 11) is -3.82. The molecule has 0 saturated carbocycles. The van der Waals surface area contributed by atoms with E-state index in [1.54, 1.807) is 25.1 Å². The molecular formula is C21H24ClN3O5S. The van der Waals surface area contributed by atoms with Gasteiger partial charge in [0.05, 0.1) is 17.2 Å². The lowest BCUT2D eigenvalue weighted by atomic mass is 9.98. The summed E-state index contributed by atoms with van der Waals surface area (Å²) in [5, 5.41) is 3.12. The predicted molar refractivity (Wildman–Crippen MR) is 118 cm³/mol. The van der Waals surface area contributed by atoms with Crippen LogP contribution in [0.15, 0.2) is 47.4 Å². The maximum atomic E-state index is 13.1. The van der Waals surface area contributed by atoms with Crippen LogP contribution < -0.4 is 15.8 Å². The van der Waals surface area contributed by atoms with Crippen molar-refractivity contribution in [2.45, 2.75) is 24.7 Å². The van der Waals surface area contributed by atoms with Gasteiger partial charge in [0.25, 0.3) is 5.91 Å². The van der Waals surface area contributed by atoms with Crippen LogP contribution in [0.4, 0.5) is 5.69 Å². The summed E-state index contributed by atoms with van der Waals surface area (Å²) in [6.07, 6.45) is 0.758. The Bertz CT molecular complexity index is 1080. The van der Waals surface area contributed by atoms with Gasteiger partial charge in [-0.05, 0) is 56.2 Å². The number of carbonyl (C=O) groups is 2. The number of rotatable bonds is 7. The highest BCUT2D eigenvalue weighted by Crippen LogP contribution is 2.31. The Balaban J connectivity index is 1.87. The third-order valence-corrected chi connectivity index (χ3v) is 7.21. The number of piperidine rings is 1. The molecule has 2 aromatic carbocycles. The van der Waals surface area contributed by atoms with Crippen molar-refractivity contribution in [3.8, 4) is 5.75 Å². The Hall–Kier alpha value is -2.62. The summed E-state index contributed by atoms with van der Waals surface area (Å²) in [5.74, 6) is -0.826. The molecular weight excluding hydrogens is 442 g/mol. The van der Waals surface area contributed by atoms with Gasteiger partial charge in [0.1, 0.15) is 5.75 Å². The van der Waals surface area contributed by atoms with Gasteiger partial charge in [0.2, 0.25) is 15.9 Å². The van der Waals surface area contributed by atoms with Crippen molar-refractivity contribution >= 4 is 39.1 Å².